The van der Waals surface area contributed by atoms with Gasteiger partial charge in [0.25, 0.3) is 0 Å². The fourth-order valence-electron chi connectivity index (χ4n) is 3.51. The predicted molar refractivity (Wildman–Crippen MR) is 125 cm³/mol. The monoisotopic (exact) mass is 392 g/mol. The van der Waals surface area contributed by atoms with Crippen molar-refractivity contribution >= 4 is 17.2 Å². The second-order valence-electron chi connectivity index (χ2n) is 7.87. The van der Waals surface area contributed by atoms with Crippen molar-refractivity contribution in [2.24, 2.45) is 0 Å². The summed E-state index contributed by atoms with van der Waals surface area (Å²) in [5.74, 6) is -0.0453. The van der Waals surface area contributed by atoms with E-state index in [9.17, 15) is 4.79 Å². The summed E-state index contributed by atoms with van der Waals surface area (Å²) < 4.78 is 0. The van der Waals surface area contributed by atoms with E-state index in [0.717, 1.165) is 23.1 Å². The summed E-state index contributed by atoms with van der Waals surface area (Å²) in [5, 5.41) is 3.13. The van der Waals surface area contributed by atoms with E-state index in [-0.39, 0.29) is 11.9 Å². The number of nitrogen functional groups attached to an aromatic ring is 1. The van der Waals surface area contributed by atoms with Gasteiger partial charge in [0.1, 0.15) is 0 Å². The molecule has 156 valence electrons. The van der Waals surface area contributed by atoms with Gasteiger partial charge in [0.2, 0.25) is 5.91 Å². The maximum Gasteiger partial charge on any atom is 0.244 e. The normalized spacial score (nSPS) is 12.6. The number of hydrogen-bond donors (Lipinski definition) is 2. The highest BCUT2D eigenvalue weighted by atomic mass is 16.1. The molecule has 0 heterocycles. The van der Waals surface area contributed by atoms with Gasteiger partial charge < -0.3 is 11.1 Å². The Morgan fingerprint density at radius 3 is 2.14 bits per heavy atom. The first kappa shape index (κ1) is 22.7. The minimum atomic E-state index is -0.0453. The molecule has 0 bridgehead atoms. The molecule has 0 saturated carbocycles. The number of carbonyl (C=O) groups is 1. The average molecular weight is 393 g/mol. The van der Waals surface area contributed by atoms with Gasteiger partial charge in [0.15, 0.2) is 0 Å². The number of hydrogen-bond acceptors (Lipinski definition) is 2. The van der Waals surface area contributed by atoms with E-state index in [1.807, 2.05) is 54.6 Å². The Morgan fingerprint density at radius 2 is 1.48 bits per heavy atom. The van der Waals surface area contributed by atoms with Crippen LogP contribution in [0.5, 0.6) is 0 Å². The Bertz CT molecular complexity index is 750. The Balaban J connectivity index is 1.93. The van der Waals surface area contributed by atoms with Gasteiger partial charge >= 0.3 is 0 Å². The van der Waals surface area contributed by atoms with Crippen molar-refractivity contribution in [2.75, 3.05) is 5.73 Å². The van der Waals surface area contributed by atoms with Crippen LogP contribution >= 0.6 is 0 Å². The number of anilines is 1. The first-order valence-electron chi connectivity index (χ1n) is 11.0. The number of nitrogens with two attached hydrogens (primary N) is 1. The molecule has 0 spiro atoms. The van der Waals surface area contributed by atoms with E-state index in [1.165, 1.54) is 44.9 Å². The first-order chi connectivity index (χ1) is 14.1. The molecule has 2 aromatic rings. The molecular weight excluding hydrogens is 356 g/mol. The minimum absolute atomic E-state index is 0.0453. The second-order valence-corrected chi connectivity index (χ2v) is 7.87. The third kappa shape index (κ3) is 8.55. The van der Waals surface area contributed by atoms with Crippen LogP contribution < -0.4 is 11.1 Å². The SMILES string of the molecule is CCCCCCCCCC(C)NC(=O)/C=C(\c1ccccc1)c1ccc(N)cc1. The number of unbranched alkanes of at least 4 members (excludes halogenated alkanes) is 6. The standard InChI is InChI=1S/C26H36N2O/c1-3-4-5-6-7-8-10-13-21(2)28-26(29)20-25(22-14-11-9-12-15-22)23-16-18-24(27)19-17-23/h9,11-12,14-21H,3-8,10,13,27H2,1-2H3,(H,28,29)/b25-20+. The van der Waals surface area contributed by atoms with E-state index in [4.69, 9.17) is 5.73 Å². The van der Waals surface area contributed by atoms with Crippen LogP contribution in [0.3, 0.4) is 0 Å². The molecule has 0 aliphatic carbocycles. The third-order valence-electron chi connectivity index (χ3n) is 5.21. The van der Waals surface area contributed by atoms with Gasteiger partial charge in [0.05, 0.1) is 0 Å². The zero-order valence-electron chi connectivity index (χ0n) is 18.0. The lowest BCUT2D eigenvalue weighted by molar-refractivity contribution is -0.117. The molecule has 1 atom stereocenters. The van der Waals surface area contributed by atoms with Crippen molar-refractivity contribution < 1.29 is 4.79 Å². The summed E-state index contributed by atoms with van der Waals surface area (Å²) in [6.45, 7) is 4.34. The molecule has 0 saturated heterocycles. The Kier molecular flexibility index (Phi) is 10.1. The molecule has 0 aliphatic rings. The van der Waals surface area contributed by atoms with Crippen molar-refractivity contribution in [3.05, 3.63) is 71.8 Å². The largest absolute Gasteiger partial charge is 0.399 e. The quantitative estimate of drug-likeness (QED) is 0.251. The molecule has 0 aliphatic heterocycles. The molecular formula is C26H36N2O. The van der Waals surface area contributed by atoms with Crippen LogP contribution in [0.1, 0.15) is 76.3 Å². The highest BCUT2D eigenvalue weighted by molar-refractivity contribution is 5.99. The van der Waals surface area contributed by atoms with Gasteiger partial charge in [-0.05, 0) is 42.2 Å². The van der Waals surface area contributed by atoms with E-state index in [0.29, 0.717) is 5.69 Å². The van der Waals surface area contributed by atoms with Crippen LogP contribution in [-0.4, -0.2) is 11.9 Å². The van der Waals surface area contributed by atoms with Crippen LogP contribution in [0.4, 0.5) is 5.69 Å². The lowest BCUT2D eigenvalue weighted by Crippen LogP contribution is -2.31. The maximum absolute atomic E-state index is 12.7. The van der Waals surface area contributed by atoms with Gasteiger partial charge in [0, 0.05) is 17.8 Å². The number of carbonyl (C=O) groups excluding carboxylic acids is 1. The molecule has 29 heavy (non-hydrogen) atoms. The molecule has 2 rings (SSSR count). The molecule has 0 fully saturated rings. The van der Waals surface area contributed by atoms with Crippen LogP contribution in [0.25, 0.3) is 5.57 Å². The van der Waals surface area contributed by atoms with Gasteiger partial charge in [-0.25, -0.2) is 0 Å². The highest BCUT2D eigenvalue weighted by Gasteiger charge is 2.10. The average Bonchev–Trinajstić information content (AvgIpc) is 2.73. The van der Waals surface area contributed by atoms with Gasteiger partial charge in [-0.3, -0.25) is 4.79 Å². The van der Waals surface area contributed by atoms with Gasteiger partial charge in [-0.1, -0.05) is 94.3 Å². The predicted octanol–water partition coefficient (Wildman–Crippen LogP) is 6.35. The Hall–Kier alpha value is -2.55. The van der Waals surface area contributed by atoms with Gasteiger partial charge in [-0.15, -0.1) is 0 Å². The van der Waals surface area contributed by atoms with Crippen LogP contribution in [0, 0.1) is 0 Å². The zero-order valence-corrected chi connectivity index (χ0v) is 18.0. The van der Waals surface area contributed by atoms with Crippen LogP contribution in [0.2, 0.25) is 0 Å². The number of benzene rings is 2. The van der Waals surface area contributed by atoms with Crippen molar-refractivity contribution in [3.8, 4) is 0 Å². The molecule has 3 N–H and O–H groups in total. The van der Waals surface area contributed by atoms with Gasteiger partial charge in [-0.2, -0.15) is 0 Å². The first-order valence-corrected chi connectivity index (χ1v) is 11.0. The topological polar surface area (TPSA) is 55.1 Å². The molecule has 3 heteroatoms. The van der Waals surface area contributed by atoms with Crippen molar-refractivity contribution in [1.82, 2.24) is 5.32 Å². The summed E-state index contributed by atoms with van der Waals surface area (Å²) in [5.41, 5.74) is 9.46. The second kappa shape index (κ2) is 12.8. The smallest absolute Gasteiger partial charge is 0.244 e. The zero-order chi connectivity index (χ0) is 20.9. The highest BCUT2D eigenvalue weighted by Crippen LogP contribution is 2.24. The van der Waals surface area contributed by atoms with Crippen LogP contribution in [-0.2, 0) is 4.79 Å². The van der Waals surface area contributed by atoms with Crippen LogP contribution in [0.15, 0.2) is 60.7 Å². The molecule has 0 radical (unpaired) electrons. The summed E-state index contributed by atoms with van der Waals surface area (Å²) in [7, 11) is 0. The fraction of sp³-hybridized carbons (Fsp3) is 0.423. The van der Waals surface area contributed by atoms with Crippen molar-refractivity contribution in [3.63, 3.8) is 0 Å². The van der Waals surface area contributed by atoms with Crippen molar-refractivity contribution in [1.29, 1.82) is 0 Å². The summed E-state index contributed by atoms with van der Waals surface area (Å²) in [6, 6.07) is 17.8. The molecule has 2 aromatic carbocycles. The Morgan fingerprint density at radius 1 is 0.897 bits per heavy atom. The van der Waals surface area contributed by atoms with E-state index in [2.05, 4.69) is 19.2 Å². The lowest BCUT2D eigenvalue weighted by atomic mass is 9.97. The molecule has 0 aromatic heterocycles. The van der Waals surface area contributed by atoms with E-state index < -0.39 is 0 Å². The van der Waals surface area contributed by atoms with E-state index >= 15 is 0 Å². The lowest BCUT2D eigenvalue weighted by Gasteiger charge is -2.14. The molecule has 1 amide bonds. The number of rotatable bonds is 12. The molecule has 3 nitrogen and oxygen atoms in total. The Labute approximate surface area is 176 Å². The summed E-state index contributed by atoms with van der Waals surface area (Å²) >= 11 is 0. The number of nitrogens with one attached hydrogen (secondary N) is 1. The van der Waals surface area contributed by atoms with Crippen molar-refractivity contribution in [2.45, 2.75) is 71.3 Å². The minimum Gasteiger partial charge on any atom is -0.399 e. The maximum atomic E-state index is 12.7. The summed E-state index contributed by atoms with van der Waals surface area (Å²) in [6.07, 6.45) is 11.8. The fourth-order valence-corrected chi connectivity index (χ4v) is 3.51. The summed E-state index contributed by atoms with van der Waals surface area (Å²) in [4.78, 5) is 12.7. The molecule has 1 unspecified atom stereocenters. The van der Waals surface area contributed by atoms with E-state index in [1.54, 1.807) is 6.08 Å². The number of amides is 1. The third-order valence-corrected chi connectivity index (χ3v) is 5.21.